The van der Waals surface area contributed by atoms with Gasteiger partial charge in [0.1, 0.15) is 0 Å². The van der Waals surface area contributed by atoms with Crippen LogP contribution in [0.4, 0.5) is 11.4 Å². The number of aromatic carboxylic acids is 1. The molecule has 0 saturated carbocycles. The van der Waals surface area contributed by atoms with Gasteiger partial charge >= 0.3 is 5.97 Å². The Labute approximate surface area is 107 Å². The molecule has 1 aliphatic rings. The third kappa shape index (κ3) is 2.38. The highest BCUT2D eigenvalue weighted by atomic mass is 16.6. The van der Waals surface area contributed by atoms with Crippen LogP contribution >= 0.6 is 0 Å². The molecule has 1 fully saturated rings. The minimum absolute atomic E-state index is 0.0136. The predicted molar refractivity (Wildman–Crippen MR) is 65.0 cm³/mol. The van der Waals surface area contributed by atoms with E-state index < -0.39 is 16.9 Å². The Hall–Kier alpha value is -2.48. The molecule has 1 heterocycles. The van der Waals surface area contributed by atoms with Gasteiger partial charge in [0.2, 0.25) is 5.91 Å². The van der Waals surface area contributed by atoms with Crippen LogP contribution in [0.5, 0.6) is 0 Å². The number of carbonyl (C=O) groups excluding carboxylic acids is 1. The summed E-state index contributed by atoms with van der Waals surface area (Å²) in [4.78, 5) is 34.1. The van der Waals surface area contributed by atoms with Gasteiger partial charge in [-0.2, -0.15) is 0 Å². The lowest BCUT2D eigenvalue weighted by Crippen LogP contribution is -2.29. The Morgan fingerprint density at radius 2 is 2.21 bits per heavy atom. The van der Waals surface area contributed by atoms with Crippen LogP contribution in [0.2, 0.25) is 0 Å². The van der Waals surface area contributed by atoms with Gasteiger partial charge in [0.15, 0.2) is 0 Å². The summed E-state index contributed by atoms with van der Waals surface area (Å²) in [6, 6.07) is 2.90. The van der Waals surface area contributed by atoms with Crippen molar-refractivity contribution < 1.29 is 19.6 Å². The fourth-order valence-electron chi connectivity index (χ4n) is 2.01. The fraction of sp³-hybridized carbons (Fsp3) is 0.273. The van der Waals surface area contributed by atoms with Crippen molar-refractivity contribution in [2.24, 2.45) is 5.73 Å². The molecule has 1 unspecified atom stereocenters. The van der Waals surface area contributed by atoms with Crippen molar-refractivity contribution in [3.05, 3.63) is 33.9 Å². The van der Waals surface area contributed by atoms with Crippen molar-refractivity contribution in [2.75, 3.05) is 11.4 Å². The number of hydrogen-bond acceptors (Lipinski definition) is 5. The maximum Gasteiger partial charge on any atom is 0.337 e. The summed E-state index contributed by atoms with van der Waals surface area (Å²) < 4.78 is 0. The Kier molecular flexibility index (Phi) is 3.17. The normalized spacial score (nSPS) is 18.7. The van der Waals surface area contributed by atoms with Gasteiger partial charge in [-0.15, -0.1) is 0 Å². The van der Waals surface area contributed by atoms with Crippen LogP contribution in [-0.2, 0) is 4.79 Å². The van der Waals surface area contributed by atoms with E-state index in [2.05, 4.69) is 0 Å². The van der Waals surface area contributed by atoms with Gasteiger partial charge in [-0.05, 0) is 6.07 Å². The average molecular weight is 265 g/mol. The molecular formula is C11H11N3O5. The van der Waals surface area contributed by atoms with E-state index in [0.717, 1.165) is 18.2 Å². The van der Waals surface area contributed by atoms with Crippen LogP contribution in [-0.4, -0.2) is 34.5 Å². The van der Waals surface area contributed by atoms with Crippen molar-refractivity contribution in [1.29, 1.82) is 0 Å². The highest BCUT2D eigenvalue weighted by Crippen LogP contribution is 2.29. The Balaban J connectivity index is 2.52. The minimum atomic E-state index is -1.25. The smallest absolute Gasteiger partial charge is 0.337 e. The van der Waals surface area contributed by atoms with Gasteiger partial charge in [-0.1, -0.05) is 0 Å². The summed E-state index contributed by atoms with van der Waals surface area (Å²) in [5, 5.41) is 19.8. The molecule has 0 bridgehead atoms. The molecular weight excluding hydrogens is 254 g/mol. The molecule has 8 heteroatoms. The number of nitro groups is 1. The first-order chi connectivity index (χ1) is 8.90. The van der Waals surface area contributed by atoms with Crippen molar-refractivity contribution in [2.45, 2.75) is 12.5 Å². The van der Waals surface area contributed by atoms with Gasteiger partial charge < -0.3 is 15.7 Å². The van der Waals surface area contributed by atoms with E-state index in [1.54, 1.807) is 0 Å². The molecule has 19 heavy (non-hydrogen) atoms. The zero-order valence-electron chi connectivity index (χ0n) is 9.78. The summed E-state index contributed by atoms with van der Waals surface area (Å²) in [6.45, 7) is 0.153. The molecule has 0 aromatic heterocycles. The number of carbonyl (C=O) groups is 2. The molecule has 2 rings (SSSR count). The van der Waals surface area contributed by atoms with Crippen molar-refractivity contribution in [3.63, 3.8) is 0 Å². The Morgan fingerprint density at radius 3 is 2.68 bits per heavy atom. The fourth-order valence-corrected chi connectivity index (χ4v) is 2.01. The van der Waals surface area contributed by atoms with E-state index in [-0.39, 0.29) is 35.8 Å². The standard InChI is InChI=1S/C11H11N3O5/c12-6-3-10(15)13(5-6)9-4-7(14(18)19)1-2-8(9)11(16)17/h1-2,4,6H,3,5,12H2,(H,16,17). The van der Waals surface area contributed by atoms with Crippen LogP contribution in [0.25, 0.3) is 0 Å². The van der Waals surface area contributed by atoms with E-state index in [1.165, 1.54) is 4.90 Å². The van der Waals surface area contributed by atoms with Gasteiger partial charge in [-0.25, -0.2) is 4.79 Å². The molecule has 1 amide bonds. The zero-order chi connectivity index (χ0) is 14.2. The van der Waals surface area contributed by atoms with E-state index >= 15 is 0 Å². The second-order valence-electron chi connectivity index (χ2n) is 4.23. The van der Waals surface area contributed by atoms with Crippen molar-refractivity contribution in [1.82, 2.24) is 0 Å². The molecule has 0 radical (unpaired) electrons. The topological polar surface area (TPSA) is 127 Å². The number of hydrogen-bond donors (Lipinski definition) is 2. The number of carboxylic acids is 1. The second-order valence-corrected chi connectivity index (χ2v) is 4.23. The van der Waals surface area contributed by atoms with Crippen LogP contribution in [0.15, 0.2) is 18.2 Å². The van der Waals surface area contributed by atoms with Crippen LogP contribution in [0, 0.1) is 10.1 Å². The third-order valence-corrected chi connectivity index (χ3v) is 2.87. The van der Waals surface area contributed by atoms with Crippen molar-refractivity contribution >= 4 is 23.3 Å². The summed E-state index contributed by atoms with van der Waals surface area (Å²) in [6.07, 6.45) is 0.0990. The van der Waals surface area contributed by atoms with Crippen molar-refractivity contribution in [3.8, 4) is 0 Å². The highest BCUT2D eigenvalue weighted by molar-refractivity contribution is 6.03. The van der Waals surface area contributed by atoms with Crippen LogP contribution in [0.1, 0.15) is 16.8 Å². The minimum Gasteiger partial charge on any atom is -0.478 e. The summed E-state index contributed by atoms with van der Waals surface area (Å²) in [5.41, 5.74) is 5.22. The predicted octanol–water partition coefficient (Wildman–Crippen LogP) is 0.357. The largest absolute Gasteiger partial charge is 0.478 e. The Morgan fingerprint density at radius 1 is 1.53 bits per heavy atom. The van der Waals surface area contributed by atoms with E-state index in [9.17, 15) is 19.7 Å². The second kappa shape index (κ2) is 4.65. The molecule has 0 aliphatic carbocycles. The lowest BCUT2D eigenvalue weighted by molar-refractivity contribution is -0.384. The average Bonchev–Trinajstić information content (AvgIpc) is 2.67. The van der Waals surface area contributed by atoms with Gasteiger partial charge in [-0.3, -0.25) is 14.9 Å². The SMILES string of the molecule is NC1CC(=O)N(c2cc([N+](=O)[O-])ccc2C(=O)O)C1. The molecule has 3 N–H and O–H groups in total. The number of non-ortho nitro benzene ring substituents is 1. The molecule has 8 nitrogen and oxygen atoms in total. The maximum atomic E-state index is 11.7. The first-order valence-electron chi connectivity index (χ1n) is 5.48. The molecule has 1 atom stereocenters. The number of amides is 1. The number of nitrogens with two attached hydrogens (primary N) is 1. The summed E-state index contributed by atoms with van der Waals surface area (Å²) in [5.74, 6) is -1.59. The monoisotopic (exact) mass is 265 g/mol. The first kappa shape index (κ1) is 13.0. The number of nitrogens with zero attached hydrogens (tertiary/aromatic N) is 2. The molecule has 1 aliphatic heterocycles. The molecule has 100 valence electrons. The van der Waals surface area contributed by atoms with E-state index in [4.69, 9.17) is 10.8 Å². The van der Waals surface area contributed by atoms with Gasteiger partial charge in [0.05, 0.1) is 16.2 Å². The number of nitro benzene ring substituents is 1. The van der Waals surface area contributed by atoms with Gasteiger partial charge in [0, 0.05) is 31.1 Å². The van der Waals surface area contributed by atoms with E-state index in [1.807, 2.05) is 0 Å². The lowest BCUT2D eigenvalue weighted by atomic mass is 10.1. The number of anilines is 1. The van der Waals surface area contributed by atoms with Crippen LogP contribution in [0.3, 0.4) is 0 Å². The lowest BCUT2D eigenvalue weighted by Gasteiger charge is -2.18. The van der Waals surface area contributed by atoms with Crippen LogP contribution < -0.4 is 10.6 Å². The first-order valence-corrected chi connectivity index (χ1v) is 5.48. The highest BCUT2D eigenvalue weighted by Gasteiger charge is 2.31. The molecule has 0 spiro atoms. The zero-order valence-corrected chi connectivity index (χ0v) is 9.78. The van der Waals surface area contributed by atoms with E-state index in [0.29, 0.717) is 0 Å². The number of rotatable bonds is 3. The quantitative estimate of drug-likeness (QED) is 0.600. The number of carboxylic acid groups (broad SMARTS) is 1. The van der Waals surface area contributed by atoms with Gasteiger partial charge in [0.25, 0.3) is 5.69 Å². The molecule has 1 aromatic carbocycles. The Bertz CT molecular complexity index is 571. The molecule has 1 saturated heterocycles. The summed E-state index contributed by atoms with van der Waals surface area (Å²) >= 11 is 0. The molecule has 1 aromatic rings. The third-order valence-electron chi connectivity index (χ3n) is 2.87. The number of benzene rings is 1. The maximum absolute atomic E-state index is 11.7. The summed E-state index contributed by atoms with van der Waals surface area (Å²) in [7, 11) is 0.